The molecule has 0 saturated carbocycles. The van der Waals surface area contributed by atoms with Gasteiger partial charge in [0.15, 0.2) is 0 Å². The molecule has 0 aliphatic rings. The van der Waals surface area contributed by atoms with Gasteiger partial charge in [0.2, 0.25) is 5.95 Å². The van der Waals surface area contributed by atoms with Crippen LogP contribution >= 0.6 is 0 Å². The van der Waals surface area contributed by atoms with Crippen LogP contribution in [0.4, 0.5) is 11.6 Å². The molecule has 0 spiro atoms. The number of nitro groups is 1. The van der Waals surface area contributed by atoms with E-state index < -0.39 is 11.0 Å². The van der Waals surface area contributed by atoms with Gasteiger partial charge in [-0.1, -0.05) is 0 Å². The van der Waals surface area contributed by atoms with Gasteiger partial charge in [-0.05, 0) is 6.07 Å². The van der Waals surface area contributed by atoms with E-state index >= 15 is 0 Å². The molecule has 8 heteroatoms. The molecule has 0 aliphatic heterocycles. The highest BCUT2D eigenvalue weighted by Crippen LogP contribution is 2.20. The Morgan fingerprint density at radius 2 is 2.17 bits per heavy atom. The molecule has 1 aromatic heterocycles. The first-order valence-corrected chi connectivity index (χ1v) is 5.26. The molecule has 0 atom stereocenters. The van der Waals surface area contributed by atoms with Crippen molar-refractivity contribution in [2.24, 2.45) is 0 Å². The summed E-state index contributed by atoms with van der Waals surface area (Å²) in [6.45, 7) is -0.485. The molecule has 1 heterocycles. The number of aromatic nitrogens is 2. The number of nitrogens with zero attached hydrogens (tertiary/aromatic N) is 2. The molecule has 96 valence electrons. The number of non-ortho nitro benzene ring substituents is 1. The van der Waals surface area contributed by atoms with Crippen molar-refractivity contribution < 1.29 is 15.1 Å². The number of aromatic amines is 1. The van der Waals surface area contributed by atoms with Crippen LogP contribution in [0.3, 0.4) is 0 Å². The summed E-state index contributed by atoms with van der Waals surface area (Å²) in [6.07, 6.45) is 0. The highest BCUT2D eigenvalue weighted by Gasteiger charge is 2.11. The smallest absolute Gasteiger partial charge is 0.271 e. The highest BCUT2D eigenvalue weighted by atomic mass is 16.6. The van der Waals surface area contributed by atoms with Gasteiger partial charge in [-0.2, -0.15) is 0 Å². The second-order valence-electron chi connectivity index (χ2n) is 3.75. The van der Waals surface area contributed by atoms with Crippen molar-refractivity contribution >= 4 is 22.7 Å². The second-order valence-corrected chi connectivity index (χ2v) is 3.75. The van der Waals surface area contributed by atoms with Crippen molar-refractivity contribution in [3.8, 4) is 0 Å². The van der Waals surface area contributed by atoms with E-state index in [0.29, 0.717) is 17.0 Å². The molecular formula is C10H12N4O4. The zero-order valence-electron chi connectivity index (χ0n) is 9.33. The minimum absolute atomic E-state index is 0.0291. The molecule has 0 amide bonds. The number of aliphatic hydroxyl groups is 2. The number of fused-ring (bicyclic) bond motifs is 1. The van der Waals surface area contributed by atoms with Crippen LogP contribution in [0.15, 0.2) is 18.2 Å². The Morgan fingerprint density at radius 3 is 2.78 bits per heavy atom. The Kier molecular flexibility index (Phi) is 3.40. The third kappa shape index (κ3) is 2.39. The molecule has 8 nitrogen and oxygen atoms in total. The van der Waals surface area contributed by atoms with Crippen LogP contribution in [0, 0.1) is 10.1 Å². The van der Waals surface area contributed by atoms with Crippen LogP contribution in [0.5, 0.6) is 0 Å². The standard InChI is InChI=1S/C10H12N4O4/c15-4-6(5-16)11-10-12-8-2-1-7(14(17)18)3-9(8)13-10/h1-3,6,15-16H,4-5H2,(H2,11,12,13). The van der Waals surface area contributed by atoms with Crippen LogP contribution in [-0.4, -0.2) is 44.4 Å². The van der Waals surface area contributed by atoms with Crippen molar-refractivity contribution in [1.29, 1.82) is 0 Å². The van der Waals surface area contributed by atoms with Gasteiger partial charge in [-0.3, -0.25) is 10.1 Å². The Hall–Kier alpha value is -2.19. The van der Waals surface area contributed by atoms with Gasteiger partial charge >= 0.3 is 0 Å². The summed E-state index contributed by atoms with van der Waals surface area (Å²) in [4.78, 5) is 17.1. The van der Waals surface area contributed by atoms with Crippen LogP contribution < -0.4 is 5.32 Å². The number of imidazole rings is 1. The van der Waals surface area contributed by atoms with Gasteiger partial charge in [0.05, 0.1) is 35.2 Å². The third-order valence-corrected chi connectivity index (χ3v) is 2.46. The number of hydrogen-bond acceptors (Lipinski definition) is 6. The zero-order valence-corrected chi connectivity index (χ0v) is 9.33. The molecule has 0 fully saturated rings. The van der Waals surface area contributed by atoms with Gasteiger partial charge in [0.25, 0.3) is 5.69 Å². The second kappa shape index (κ2) is 4.98. The van der Waals surface area contributed by atoms with E-state index in [1.807, 2.05) is 0 Å². The molecule has 0 aliphatic carbocycles. The summed E-state index contributed by atoms with van der Waals surface area (Å²) >= 11 is 0. The zero-order chi connectivity index (χ0) is 13.1. The molecule has 0 saturated heterocycles. The van der Waals surface area contributed by atoms with Gasteiger partial charge in [-0.15, -0.1) is 0 Å². The Labute approximate surface area is 101 Å². The largest absolute Gasteiger partial charge is 0.394 e. The minimum Gasteiger partial charge on any atom is -0.394 e. The maximum atomic E-state index is 10.6. The van der Waals surface area contributed by atoms with Crippen LogP contribution in [0.2, 0.25) is 0 Å². The van der Waals surface area contributed by atoms with E-state index in [4.69, 9.17) is 10.2 Å². The fraction of sp³-hybridized carbons (Fsp3) is 0.300. The lowest BCUT2D eigenvalue weighted by atomic mass is 10.3. The summed E-state index contributed by atoms with van der Waals surface area (Å²) in [5.74, 6) is 0.346. The Balaban J connectivity index is 2.29. The van der Waals surface area contributed by atoms with Crippen molar-refractivity contribution in [2.75, 3.05) is 18.5 Å². The summed E-state index contributed by atoms with van der Waals surface area (Å²) in [6, 6.07) is 3.74. The van der Waals surface area contributed by atoms with Crippen LogP contribution in [0.25, 0.3) is 11.0 Å². The quantitative estimate of drug-likeness (QED) is 0.446. The van der Waals surface area contributed by atoms with Gasteiger partial charge in [-0.25, -0.2) is 4.98 Å². The van der Waals surface area contributed by atoms with Crippen LogP contribution in [-0.2, 0) is 0 Å². The molecule has 0 radical (unpaired) electrons. The van der Waals surface area contributed by atoms with Gasteiger partial charge in [0, 0.05) is 12.1 Å². The first-order valence-electron chi connectivity index (χ1n) is 5.26. The summed E-state index contributed by atoms with van der Waals surface area (Å²) < 4.78 is 0. The monoisotopic (exact) mass is 252 g/mol. The van der Waals surface area contributed by atoms with E-state index in [1.165, 1.54) is 18.2 Å². The van der Waals surface area contributed by atoms with E-state index in [1.54, 1.807) is 0 Å². The van der Waals surface area contributed by atoms with E-state index in [-0.39, 0.29) is 18.9 Å². The lowest BCUT2D eigenvalue weighted by Crippen LogP contribution is -2.28. The average molecular weight is 252 g/mol. The minimum atomic E-state index is -0.527. The Bertz CT molecular complexity index is 564. The molecular weight excluding hydrogens is 240 g/mol. The predicted octanol–water partition coefficient (Wildman–Crippen LogP) is 0.236. The number of H-pyrrole nitrogens is 1. The summed E-state index contributed by atoms with van der Waals surface area (Å²) in [7, 11) is 0. The third-order valence-electron chi connectivity index (χ3n) is 2.46. The lowest BCUT2D eigenvalue weighted by molar-refractivity contribution is -0.384. The van der Waals surface area contributed by atoms with Crippen molar-refractivity contribution in [3.63, 3.8) is 0 Å². The van der Waals surface area contributed by atoms with E-state index in [9.17, 15) is 10.1 Å². The van der Waals surface area contributed by atoms with Gasteiger partial charge in [0.1, 0.15) is 0 Å². The SMILES string of the molecule is O=[N+]([O-])c1ccc2nc(NC(CO)CO)[nH]c2c1. The number of rotatable bonds is 5. The average Bonchev–Trinajstić information content (AvgIpc) is 2.76. The number of benzene rings is 1. The molecule has 2 rings (SSSR count). The maximum absolute atomic E-state index is 10.6. The van der Waals surface area contributed by atoms with Crippen molar-refractivity contribution in [3.05, 3.63) is 28.3 Å². The highest BCUT2D eigenvalue weighted by molar-refractivity contribution is 5.79. The van der Waals surface area contributed by atoms with E-state index in [2.05, 4.69) is 15.3 Å². The molecule has 4 N–H and O–H groups in total. The molecule has 18 heavy (non-hydrogen) atoms. The van der Waals surface area contributed by atoms with Gasteiger partial charge < -0.3 is 20.5 Å². The topological polar surface area (TPSA) is 124 Å². The molecule has 0 bridgehead atoms. The Morgan fingerprint density at radius 1 is 1.44 bits per heavy atom. The molecule has 2 aromatic rings. The fourth-order valence-corrected chi connectivity index (χ4v) is 1.52. The fourth-order valence-electron chi connectivity index (χ4n) is 1.52. The van der Waals surface area contributed by atoms with Crippen molar-refractivity contribution in [2.45, 2.75) is 6.04 Å². The first-order chi connectivity index (χ1) is 8.63. The lowest BCUT2D eigenvalue weighted by Gasteiger charge is -2.11. The van der Waals surface area contributed by atoms with E-state index in [0.717, 1.165) is 0 Å². The summed E-state index contributed by atoms with van der Waals surface area (Å²) in [5.41, 5.74) is 1.05. The summed E-state index contributed by atoms with van der Waals surface area (Å²) in [5, 5.41) is 31.2. The number of hydrogen-bond donors (Lipinski definition) is 4. The number of nitrogens with one attached hydrogen (secondary N) is 2. The number of nitro benzene ring substituents is 1. The first kappa shape index (κ1) is 12.3. The predicted molar refractivity (Wildman–Crippen MR) is 64.3 cm³/mol. The number of anilines is 1. The number of aliphatic hydroxyl groups excluding tert-OH is 2. The maximum Gasteiger partial charge on any atom is 0.271 e. The molecule has 1 aromatic carbocycles. The van der Waals surface area contributed by atoms with Crippen LogP contribution in [0.1, 0.15) is 0 Å². The molecule has 0 unspecified atom stereocenters. The van der Waals surface area contributed by atoms with Crippen molar-refractivity contribution in [1.82, 2.24) is 9.97 Å². The normalized spacial score (nSPS) is 11.1.